The van der Waals surface area contributed by atoms with Gasteiger partial charge in [-0.05, 0) is 112 Å². The van der Waals surface area contributed by atoms with E-state index in [-0.39, 0.29) is 31.2 Å². The molecule has 352 valence electrons. The van der Waals surface area contributed by atoms with Crippen LogP contribution in [0.1, 0.15) is 72.6 Å². The van der Waals surface area contributed by atoms with Gasteiger partial charge in [0.1, 0.15) is 35.2 Å². The molecule has 1 aromatic heterocycles. The highest BCUT2D eigenvalue weighted by Crippen LogP contribution is 2.46. The number of fused-ring (bicyclic) bond motifs is 3. The maximum absolute atomic E-state index is 15.0. The van der Waals surface area contributed by atoms with Crippen LogP contribution >= 0.6 is 11.6 Å². The molecular weight excluding hydrogens is 895 g/mol. The second-order valence-electron chi connectivity index (χ2n) is 18.0. The molecule has 1 saturated heterocycles. The summed E-state index contributed by atoms with van der Waals surface area (Å²) in [6, 6.07) is 9.30. The molecule has 7 rings (SSSR count). The van der Waals surface area contributed by atoms with Crippen LogP contribution in [0.5, 0.6) is 17.4 Å². The van der Waals surface area contributed by atoms with E-state index in [9.17, 15) is 40.8 Å². The minimum atomic E-state index is -4.94. The smallest absolute Gasteiger partial charge is 0.427 e. The molecule has 2 aromatic carbocycles. The number of alkyl carbamates (subject to hydrolysis) is 1. The Bertz CT molecular complexity index is 2500. The van der Waals surface area contributed by atoms with Crippen LogP contribution in [0.2, 0.25) is 5.02 Å². The lowest BCUT2D eigenvalue weighted by Gasteiger charge is -2.34. The molecule has 3 heterocycles. The number of rotatable bonds is 10. The fourth-order valence-corrected chi connectivity index (χ4v) is 10.1. The first kappa shape index (κ1) is 47.7. The van der Waals surface area contributed by atoms with Crippen molar-refractivity contribution in [3.8, 4) is 28.6 Å². The van der Waals surface area contributed by atoms with Gasteiger partial charge in [-0.3, -0.25) is 19.1 Å². The van der Waals surface area contributed by atoms with Crippen molar-refractivity contribution in [2.45, 2.75) is 113 Å². The molecule has 15 nitrogen and oxygen atoms in total. The minimum Gasteiger partial charge on any atom is -0.497 e. The van der Waals surface area contributed by atoms with Gasteiger partial charge in [0.25, 0.3) is 5.91 Å². The Morgan fingerprint density at radius 3 is 2.40 bits per heavy atom. The Labute approximate surface area is 380 Å². The summed E-state index contributed by atoms with van der Waals surface area (Å²) in [4.78, 5) is 62.9. The normalized spacial score (nSPS) is 26.5. The van der Waals surface area contributed by atoms with E-state index in [0.29, 0.717) is 84.5 Å². The number of benzene rings is 2. The van der Waals surface area contributed by atoms with E-state index < -0.39 is 86.4 Å². The Kier molecular flexibility index (Phi) is 13.3. The molecule has 2 saturated carbocycles. The molecule has 65 heavy (non-hydrogen) atoms. The molecular formula is C45H53ClF3N5O10S. The van der Waals surface area contributed by atoms with Gasteiger partial charge in [-0.2, -0.15) is 13.2 Å². The van der Waals surface area contributed by atoms with E-state index in [1.54, 1.807) is 49.4 Å². The van der Waals surface area contributed by atoms with E-state index in [2.05, 4.69) is 15.4 Å². The lowest BCUT2D eigenvalue weighted by atomic mass is 9.88. The van der Waals surface area contributed by atoms with E-state index >= 15 is 0 Å². The van der Waals surface area contributed by atoms with Crippen molar-refractivity contribution in [2.24, 2.45) is 17.8 Å². The maximum Gasteiger partial charge on any atom is 0.427 e. The number of alkyl halides is 3. The fraction of sp³-hybridized carbons (Fsp3) is 0.533. The van der Waals surface area contributed by atoms with Gasteiger partial charge in [-0.25, -0.2) is 18.2 Å². The van der Waals surface area contributed by atoms with Gasteiger partial charge < -0.3 is 34.5 Å². The minimum absolute atomic E-state index is 0.0634. The highest BCUT2D eigenvalue weighted by Gasteiger charge is 2.62. The van der Waals surface area contributed by atoms with Crippen LogP contribution in [0.25, 0.3) is 22.0 Å². The van der Waals surface area contributed by atoms with E-state index in [1.165, 1.54) is 19.1 Å². The summed E-state index contributed by atoms with van der Waals surface area (Å²) in [6.07, 6.45) is -1.58. The molecule has 3 aromatic rings. The fourth-order valence-electron chi connectivity index (χ4n) is 8.50. The molecule has 7 atom stereocenters. The number of aromatic nitrogens is 1. The second-order valence-corrected chi connectivity index (χ2v) is 20.4. The predicted octanol–water partition coefficient (Wildman–Crippen LogP) is 6.85. The largest absolute Gasteiger partial charge is 0.497 e. The molecule has 20 heteroatoms. The number of pyridine rings is 1. The average molecular weight is 948 g/mol. The zero-order valence-corrected chi connectivity index (χ0v) is 38.4. The van der Waals surface area contributed by atoms with Crippen molar-refractivity contribution < 1.29 is 59.7 Å². The van der Waals surface area contributed by atoms with Gasteiger partial charge in [-0.15, -0.1) is 0 Å². The molecule has 2 aliphatic carbocycles. The molecule has 0 bridgehead atoms. The number of nitrogens with one attached hydrogen (secondary N) is 3. The summed E-state index contributed by atoms with van der Waals surface area (Å²) in [7, 11) is -1.01. The summed E-state index contributed by atoms with van der Waals surface area (Å²) in [5.41, 5.74) is -3.53. The topological polar surface area (TPSA) is 192 Å². The number of carbonyl (C=O) groups excluding carboxylic acids is 4. The van der Waals surface area contributed by atoms with Gasteiger partial charge in [0.05, 0.1) is 36.7 Å². The zero-order valence-electron chi connectivity index (χ0n) is 36.8. The Morgan fingerprint density at radius 1 is 1.00 bits per heavy atom. The van der Waals surface area contributed by atoms with Crippen LogP contribution in [0.4, 0.5) is 18.0 Å². The number of amides is 4. The summed E-state index contributed by atoms with van der Waals surface area (Å²) in [5, 5.41) is 6.01. The standard InChI is InChI=1S/C45H53ClF3N5O10S/c1-24-9-7-8-10-28-22-44(28,41(57)53-65(59,60)31-13-14-31)52-38(55)35-21-30(23-54(35)40(56)37(25(2)17-24)51-42(58)64-43(3,4)45(47,48)49)63-39-32-15-12-29(61-5)18-27(32)20-34(50-39)26-11-16-36(62-6)33(46)19-26/h8,10-12,15-16,18-20,24-25,28,30-31,35,37H,7,9,13-14,17,21-23H2,1-6H3,(H,51,58)(H,52,55)(H,53,57)/t24-,25-,28-,30-,35+,37+,44-/m1/s1. The van der Waals surface area contributed by atoms with Gasteiger partial charge in [0.15, 0.2) is 0 Å². The SMILES string of the molecule is COc1ccc2c(O[C@@H]3C[C@H]4C(=O)N[C@]5(C(=O)NS(=O)(=O)C6CC6)C[C@H]5C=CCC[C@@H](C)C[C@@H](C)[C@H](NC(=O)OC(C)(C)C(F)(F)F)C(=O)N4C3)nc(-c3ccc(OC)c(Cl)c3)cc2c1. The average Bonchev–Trinajstić information content (AvgIpc) is 4.17. The molecule has 3 fully saturated rings. The van der Waals surface area contributed by atoms with Gasteiger partial charge in [0, 0.05) is 23.3 Å². The lowest BCUT2D eigenvalue weighted by Crippen LogP contribution is -2.59. The second kappa shape index (κ2) is 18.2. The van der Waals surface area contributed by atoms with Crippen molar-refractivity contribution in [2.75, 3.05) is 20.8 Å². The van der Waals surface area contributed by atoms with E-state index in [4.69, 9.17) is 35.5 Å². The zero-order chi connectivity index (χ0) is 47.2. The molecule has 0 radical (unpaired) electrons. The third kappa shape index (κ3) is 10.2. The first-order valence-electron chi connectivity index (χ1n) is 21.5. The molecule has 4 amide bonds. The monoisotopic (exact) mass is 947 g/mol. The number of carbonyl (C=O) groups is 4. The van der Waals surface area contributed by atoms with Crippen molar-refractivity contribution in [1.82, 2.24) is 25.2 Å². The molecule has 4 aliphatic rings. The Morgan fingerprint density at radius 2 is 1.74 bits per heavy atom. The van der Waals surface area contributed by atoms with Crippen molar-refractivity contribution in [1.29, 1.82) is 0 Å². The van der Waals surface area contributed by atoms with Crippen molar-refractivity contribution in [3.63, 3.8) is 0 Å². The number of halogens is 4. The highest BCUT2D eigenvalue weighted by molar-refractivity contribution is 7.91. The Balaban J connectivity index is 1.27. The maximum atomic E-state index is 15.0. The Hall–Kier alpha value is -5.30. The van der Waals surface area contributed by atoms with Crippen LogP contribution in [0.15, 0.2) is 54.6 Å². The predicted molar refractivity (Wildman–Crippen MR) is 234 cm³/mol. The van der Waals surface area contributed by atoms with E-state index in [1.807, 2.05) is 19.1 Å². The highest BCUT2D eigenvalue weighted by atomic mass is 35.5. The first-order valence-corrected chi connectivity index (χ1v) is 23.4. The lowest BCUT2D eigenvalue weighted by molar-refractivity contribution is -0.244. The van der Waals surface area contributed by atoms with Gasteiger partial charge in [-0.1, -0.05) is 37.6 Å². The number of nitrogens with zero attached hydrogens (tertiary/aromatic N) is 2. The third-order valence-corrected chi connectivity index (χ3v) is 14.8. The first-order chi connectivity index (χ1) is 30.5. The number of ether oxygens (including phenoxy) is 4. The third-order valence-electron chi connectivity index (χ3n) is 12.6. The molecule has 0 unspecified atom stereocenters. The van der Waals surface area contributed by atoms with Crippen LogP contribution in [-0.2, 0) is 29.1 Å². The number of sulfonamides is 1. The van der Waals surface area contributed by atoms with Crippen LogP contribution in [0.3, 0.4) is 0 Å². The molecule has 3 N–H and O–H groups in total. The summed E-state index contributed by atoms with van der Waals surface area (Å²) < 4.78 is 92.0. The molecule has 0 spiro atoms. The van der Waals surface area contributed by atoms with Crippen molar-refractivity contribution >= 4 is 56.2 Å². The van der Waals surface area contributed by atoms with Crippen LogP contribution in [0, 0.1) is 17.8 Å². The number of hydrogen-bond acceptors (Lipinski definition) is 11. The summed E-state index contributed by atoms with van der Waals surface area (Å²) in [6.45, 7) is 4.72. The van der Waals surface area contributed by atoms with Crippen LogP contribution < -0.4 is 29.6 Å². The van der Waals surface area contributed by atoms with Gasteiger partial charge >= 0.3 is 12.3 Å². The summed E-state index contributed by atoms with van der Waals surface area (Å²) >= 11 is 6.50. The number of methoxy groups -OCH3 is 2. The quantitative estimate of drug-likeness (QED) is 0.180. The van der Waals surface area contributed by atoms with Gasteiger partial charge in [0.2, 0.25) is 33.3 Å². The number of allylic oxidation sites excluding steroid dienone is 1. The van der Waals surface area contributed by atoms with E-state index in [0.717, 1.165) is 0 Å². The summed E-state index contributed by atoms with van der Waals surface area (Å²) in [5.74, 6) is -2.73. The van der Waals surface area contributed by atoms with Crippen molar-refractivity contribution in [3.05, 3.63) is 59.6 Å². The molecule has 2 aliphatic heterocycles. The van der Waals surface area contributed by atoms with Crippen LogP contribution in [-0.4, -0.2) is 104 Å². The number of hydrogen-bond donors (Lipinski definition) is 3.